The molecule has 2 aromatic heterocycles. The van der Waals surface area contributed by atoms with Crippen molar-refractivity contribution in [3.05, 3.63) is 23.8 Å². The summed E-state index contributed by atoms with van der Waals surface area (Å²) >= 11 is 0. The number of nitrogens with zero attached hydrogens (tertiary/aromatic N) is 3. The third-order valence-electron chi connectivity index (χ3n) is 2.27. The lowest BCUT2D eigenvalue weighted by Crippen LogP contribution is -2.04. The largest absolute Gasteiger partial charge is 0.492 e. The molecule has 2 rings (SSSR count). The predicted molar refractivity (Wildman–Crippen MR) is 56.3 cm³/mol. The second kappa shape index (κ2) is 4.20. The molecule has 0 aliphatic carbocycles. The summed E-state index contributed by atoms with van der Waals surface area (Å²) in [5.41, 5.74) is 0.678. The molecule has 0 saturated heterocycles. The van der Waals surface area contributed by atoms with Crippen molar-refractivity contribution in [2.45, 2.75) is 0 Å². The summed E-state index contributed by atoms with van der Waals surface area (Å²) in [7, 11) is 2.65. The Labute approximate surface area is 96.0 Å². The molecule has 0 N–H and O–H groups in total. The minimum absolute atomic E-state index is 0.102. The van der Waals surface area contributed by atoms with Gasteiger partial charge < -0.3 is 9.47 Å². The van der Waals surface area contributed by atoms with Gasteiger partial charge in [0.05, 0.1) is 20.4 Å². The minimum Gasteiger partial charge on any atom is -0.492 e. The van der Waals surface area contributed by atoms with E-state index in [1.165, 1.54) is 31.3 Å². The standard InChI is InChI=1S/C10H9N3O4/c1-16-9-7(4-14)11-5-13-8(9)6(3-12-13)10(15)17-2/h3-5H,1-2H3. The summed E-state index contributed by atoms with van der Waals surface area (Å²) in [6, 6.07) is 0. The fraction of sp³-hybridized carbons (Fsp3) is 0.200. The maximum absolute atomic E-state index is 11.5. The van der Waals surface area contributed by atoms with Gasteiger partial charge in [-0.25, -0.2) is 14.3 Å². The summed E-state index contributed by atoms with van der Waals surface area (Å²) in [6.45, 7) is 0. The van der Waals surface area contributed by atoms with Gasteiger partial charge in [0.25, 0.3) is 0 Å². The van der Waals surface area contributed by atoms with Crippen LogP contribution in [0.15, 0.2) is 12.5 Å². The van der Waals surface area contributed by atoms with Gasteiger partial charge in [0.2, 0.25) is 0 Å². The summed E-state index contributed by atoms with van der Waals surface area (Å²) in [5.74, 6) is -0.359. The van der Waals surface area contributed by atoms with Crippen molar-refractivity contribution in [1.82, 2.24) is 14.6 Å². The Morgan fingerprint density at radius 3 is 2.82 bits per heavy atom. The average molecular weight is 235 g/mol. The Bertz CT molecular complexity index is 590. The fourth-order valence-electron chi connectivity index (χ4n) is 1.52. The van der Waals surface area contributed by atoms with Gasteiger partial charge in [-0.15, -0.1) is 0 Å². The van der Waals surface area contributed by atoms with E-state index in [4.69, 9.17) is 4.74 Å². The third kappa shape index (κ3) is 1.61. The molecule has 88 valence electrons. The quantitative estimate of drug-likeness (QED) is 0.563. The molecule has 0 radical (unpaired) electrons. The number of fused-ring (bicyclic) bond motifs is 1. The Morgan fingerprint density at radius 1 is 1.47 bits per heavy atom. The highest BCUT2D eigenvalue weighted by atomic mass is 16.5. The van der Waals surface area contributed by atoms with Crippen molar-refractivity contribution in [1.29, 1.82) is 0 Å². The van der Waals surface area contributed by atoms with Crippen LogP contribution < -0.4 is 4.74 Å². The van der Waals surface area contributed by atoms with Gasteiger partial charge in [-0.05, 0) is 0 Å². The van der Waals surface area contributed by atoms with Crippen LogP contribution in [0.5, 0.6) is 5.75 Å². The predicted octanol–water partition coefficient (Wildman–Crippen LogP) is 0.337. The summed E-state index contributed by atoms with van der Waals surface area (Å²) in [5, 5.41) is 3.93. The molecular formula is C10H9N3O4. The Hall–Kier alpha value is -2.44. The first kappa shape index (κ1) is 11.1. The Balaban J connectivity index is 2.80. The van der Waals surface area contributed by atoms with E-state index in [9.17, 15) is 9.59 Å². The number of ether oxygens (including phenoxy) is 2. The van der Waals surface area contributed by atoms with Gasteiger partial charge in [0, 0.05) is 0 Å². The monoisotopic (exact) mass is 235 g/mol. The molecule has 0 saturated carbocycles. The Morgan fingerprint density at radius 2 is 2.24 bits per heavy atom. The first-order valence-corrected chi connectivity index (χ1v) is 4.66. The average Bonchev–Trinajstić information content (AvgIpc) is 2.80. The van der Waals surface area contributed by atoms with Crippen LogP contribution in [-0.2, 0) is 4.74 Å². The van der Waals surface area contributed by atoms with Crippen molar-refractivity contribution in [2.75, 3.05) is 14.2 Å². The lowest BCUT2D eigenvalue weighted by molar-refractivity contribution is 0.0602. The van der Waals surface area contributed by atoms with Crippen LogP contribution >= 0.6 is 0 Å². The number of carbonyl (C=O) groups excluding carboxylic acids is 2. The van der Waals surface area contributed by atoms with E-state index in [1.807, 2.05) is 0 Å². The smallest absolute Gasteiger partial charge is 0.341 e. The maximum Gasteiger partial charge on any atom is 0.341 e. The van der Waals surface area contributed by atoms with Crippen LogP contribution in [0.4, 0.5) is 0 Å². The lowest BCUT2D eigenvalue weighted by atomic mass is 10.2. The van der Waals surface area contributed by atoms with E-state index < -0.39 is 5.97 Å². The number of esters is 1. The van der Waals surface area contributed by atoms with Crippen LogP contribution in [0.2, 0.25) is 0 Å². The number of rotatable bonds is 3. The van der Waals surface area contributed by atoms with Crippen LogP contribution in [0.1, 0.15) is 20.8 Å². The number of hydrogen-bond donors (Lipinski definition) is 0. The van der Waals surface area contributed by atoms with Crippen molar-refractivity contribution in [3.8, 4) is 5.75 Å². The van der Waals surface area contributed by atoms with Crippen LogP contribution in [0, 0.1) is 0 Å². The van der Waals surface area contributed by atoms with Crippen molar-refractivity contribution in [2.24, 2.45) is 0 Å². The molecule has 17 heavy (non-hydrogen) atoms. The van der Waals surface area contributed by atoms with E-state index >= 15 is 0 Å². The molecule has 0 unspecified atom stereocenters. The van der Waals surface area contributed by atoms with E-state index in [-0.39, 0.29) is 17.0 Å². The summed E-state index contributed by atoms with van der Waals surface area (Å²) < 4.78 is 11.0. The van der Waals surface area contributed by atoms with Gasteiger partial charge in [0.1, 0.15) is 23.1 Å². The molecule has 7 heteroatoms. The van der Waals surface area contributed by atoms with E-state index in [0.717, 1.165) is 0 Å². The summed E-state index contributed by atoms with van der Waals surface area (Å²) in [6.07, 6.45) is 3.21. The van der Waals surface area contributed by atoms with Gasteiger partial charge in [-0.2, -0.15) is 5.10 Å². The Kier molecular flexibility index (Phi) is 2.73. The molecule has 2 aromatic rings. The maximum atomic E-state index is 11.5. The lowest BCUT2D eigenvalue weighted by Gasteiger charge is -2.05. The summed E-state index contributed by atoms with van der Waals surface area (Å²) in [4.78, 5) is 26.2. The van der Waals surface area contributed by atoms with Crippen LogP contribution in [-0.4, -0.2) is 41.1 Å². The molecule has 0 amide bonds. The van der Waals surface area contributed by atoms with Crippen molar-refractivity contribution < 1.29 is 19.1 Å². The SMILES string of the molecule is COC(=O)c1cnn2cnc(C=O)c(OC)c12. The van der Waals surface area contributed by atoms with E-state index in [1.54, 1.807) is 0 Å². The topological polar surface area (TPSA) is 82.8 Å². The van der Waals surface area contributed by atoms with E-state index in [0.29, 0.717) is 11.8 Å². The van der Waals surface area contributed by atoms with Crippen molar-refractivity contribution in [3.63, 3.8) is 0 Å². The zero-order valence-electron chi connectivity index (χ0n) is 9.21. The molecule has 0 aliphatic rings. The third-order valence-corrected chi connectivity index (χ3v) is 2.27. The number of aldehydes is 1. The molecule has 0 atom stereocenters. The van der Waals surface area contributed by atoms with Gasteiger partial charge in [-0.1, -0.05) is 0 Å². The number of hydrogen-bond acceptors (Lipinski definition) is 6. The van der Waals surface area contributed by atoms with Crippen LogP contribution in [0.3, 0.4) is 0 Å². The molecule has 2 heterocycles. The highest BCUT2D eigenvalue weighted by Crippen LogP contribution is 2.25. The number of methoxy groups -OCH3 is 2. The highest BCUT2D eigenvalue weighted by Gasteiger charge is 2.19. The van der Waals surface area contributed by atoms with Crippen LogP contribution in [0.25, 0.3) is 5.52 Å². The minimum atomic E-state index is -0.554. The first-order valence-electron chi connectivity index (χ1n) is 4.66. The molecular weight excluding hydrogens is 226 g/mol. The van der Waals surface area contributed by atoms with Gasteiger partial charge in [-0.3, -0.25) is 4.79 Å². The zero-order valence-corrected chi connectivity index (χ0v) is 9.21. The second-order valence-electron chi connectivity index (χ2n) is 3.12. The molecule has 0 aromatic carbocycles. The highest BCUT2D eigenvalue weighted by molar-refractivity contribution is 6.00. The van der Waals surface area contributed by atoms with Gasteiger partial charge >= 0.3 is 5.97 Å². The van der Waals surface area contributed by atoms with E-state index in [2.05, 4.69) is 14.8 Å². The van der Waals surface area contributed by atoms with Gasteiger partial charge in [0.15, 0.2) is 12.0 Å². The van der Waals surface area contributed by atoms with Crippen molar-refractivity contribution >= 4 is 17.8 Å². The molecule has 0 fully saturated rings. The fourth-order valence-corrected chi connectivity index (χ4v) is 1.52. The normalized spacial score (nSPS) is 10.2. The molecule has 0 aliphatic heterocycles. The molecule has 7 nitrogen and oxygen atoms in total. The number of carbonyl (C=O) groups is 2. The zero-order chi connectivity index (χ0) is 12.4. The number of aromatic nitrogens is 3. The first-order chi connectivity index (χ1) is 8.22. The second-order valence-corrected chi connectivity index (χ2v) is 3.12. The molecule has 0 bridgehead atoms. The molecule has 0 spiro atoms.